The van der Waals surface area contributed by atoms with Crippen molar-refractivity contribution < 1.29 is 4.74 Å². The molecule has 0 N–H and O–H groups in total. The average Bonchev–Trinajstić information content (AvgIpc) is 3.05. The first-order chi connectivity index (χ1) is 20.7. The third-order valence-corrected chi connectivity index (χ3v) is 7.83. The highest BCUT2D eigenvalue weighted by Gasteiger charge is 2.21. The van der Waals surface area contributed by atoms with Crippen LogP contribution in [-0.4, -0.2) is 15.0 Å². The van der Waals surface area contributed by atoms with Gasteiger partial charge in [0.15, 0.2) is 17.5 Å². The second kappa shape index (κ2) is 9.95. The minimum atomic E-state index is 0.583. The summed E-state index contributed by atoms with van der Waals surface area (Å²) in [6, 6.07) is 44.8. The third-order valence-electron chi connectivity index (χ3n) is 7.58. The Hall–Kier alpha value is -5.32. The molecule has 0 fully saturated rings. The van der Waals surface area contributed by atoms with Crippen LogP contribution in [0.15, 0.2) is 133 Å². The summed E-state index contributed by atoms with van der Waals surface area (Å²) in [5.74, 6) is 3.43. The molecule has 198 valence electrons. The van der Waals surface area contributed by atoms with Crippen LogP contribution in [0.2, 0.25) is 5.02 Å². The largest absolute Gasteiger partial charge is 0.456 e. The van der Waals surface area contributed by atoms with Crippen molar-refractivity contribution in [2.75, 3.05) is 0 Å². The van der Waals surface area contributed by atoms with E-state index in [1.54, 1.807) is 0 Å². The molecule has 1 aliphatic rings. The van der Waals surface area contributed by atoms with E-state index in [4.69, 9.17) is 31.3 Å². The Morgan fingerprint density at radius 3 is 1.83 bits per heavy atom. The Bertz CT molecular complexity index is 2120. The molecule has 0 aliphatic carbocycles. The van der Waals surface area contributed by atoms with Crippen molar-refractivity contribution in [2.24, 2.45) is 0 Å². The fourth-order valence-corrected chi connectivity index (χ4v) is 5.66. The lowest BCUT2D eigenvalue weighted by Crippen LogP contribution is -2.01. The first-order valence-corrected chi connectivity index (χ1v) is 14.1. The highest BCUT2D eigenvalue weighted by atomic mass is 35.5. The minimum Gasteiger partial charge on any atom is -0.456 e. The lowest BCUT2D eigenvalue weighted by Gasteiger charge is -2.21. The SMILES string of the molecule is Clc1ccc(-c2cccc(-c3nc(-c4ccccc4)nc(-c4ccc5c(c4)Oc4cccc6cccc-5c46)n3)c2)cc1. The summed E-state index contributed by atoms with van der Waals surface area (Å²) < 4.78 is 6.43. The van der Waals surface area contributed by atoms with Gasteiger partial charge in [0.1, 0.15) is 11.5 Å². The van der Waals surface area contributed by atoms with Gasteiger partial charge in [0, 0.05) is 32.7 Å². The second-order valence-corrected chi connectivity index (χ2v) is 10.7. The van der Waals surface area contributed by atoms with Gasteiger partial charge in [0.2, 0.25) is 0 Å². The summed E-state index contributed by atoms with van der Waals surface area (Å²) in [6.45, 7) is 0. The van der Waals surface area contributed by atoms with E-state index in [1.807, 2.05) is 84.9 Å². The number of hydrogen-bond acceptors (Lipinski definition) is 4. The minimum absolute atomic E-state index is 0.583. The molecule has 8 rings (SSSR count). The normalized spacial score (nSPS) is 11.6. The van der Waals surface area contributed by atoms with E-state index in [0.29, 0.717) is 22.5 Å². The Morgan fingerprint density at radius 2 is 1.05 bits per heavy atom. The zero-order valence-electron chi connectivity index (χ0n) is 22.3. The van der Waals surface area contributed by atoms with Crippen LogP contribution in [0.5, 0.6) is 11.5 Å². The van der Waals surface area contributed by atoms with Crippen molar-refractivity contribution >= 4 is 22.4 Å². The molecule has 0 spiro atoms. The number of nitrogens with zero attached hydrogens (tertiary/aromatic N) is 3. The van der Waals surface area contributed by atoms with Gasteiger partial charge in [0.05, 0.1) is 0 Å². The fourth-order valence-electron chi connectivity index (χ4n) is 5.53. The lowest BCUT2D eigenvalue weighted by molar-refractivity contribution is 0.487. The summed E-state index contributed by atoms with van der Waals surface area (Å²) in [7, 11) is 0. The van der Waals surface area contributed by atoms with Gasteiger partial charge in [-0.3, -0.25) is 0 Å². The molecule has 4 nitrogen and oxygen atoms in total. The number of halogens is 1. The molecule has 7 aromatic rings. The van der Waals surface area contributed by atoms with Crippen molar-refractivity contribution in [1.82, 2.24) is 15.0 Å². The van der Waals surface area contributed by atoms with E-state index in [0.717, 1.165) is 61.2 Å². The molecule has 6 aromatic carbocycles. The summed E-state index contributed by atoms with van der Waals surface area (Å²) >= 11 is 6.13. The van der Waals surface area contributed by atoms with Crippen LogP contribution in [0.4, 0.5) is 0 Å². The van der Waals surface area contributed by atoms with Crippen molar-refractivity contribution in [1.29, 1.82) is 0 Å². The van der Waals surface area contributed by atoms with Crippen molar-refractivity contribution in [3.05, 3.63) is 138 Å². The van der Waals surface area contributed by atoms with Gasteiger partial charge in [-0.25, -0.2) is 15.0 Å². The molecule has 0 unspecified atom stereocenters. The van der Waals surface area contributed by atoms with E-state index in [2.05, 4.69) is 48.5 Å². The van der Waals surface area contributed by atoms with E-state index in [9.17, 15) is 0 Å². The maximum atomic E-state index is 6.43. The molecule has 42 heavy (non-hydrogen) atoms. The first kappa shape index (κ1) is 24.5. The maximum Gasteiger partial charge on any atom is 0.164 e. The van der Waals surface area contributed by atoms with Crippen LogP contribution >= 0.6 is 11.6 Å². The topological polar surface area (TPSA) is 47.9 Å². The molecule has 0 bridgehead atoms. The molecule has 0 atom stereocenters. The van der Waals surface area contributed by atoms with Gasteiger partial charge in [-0.1, -0.05) is 109 Å². The molecular weight excluding hydrogens is 538 g/mol. The van der Waals surface area contributed by atoms with Gasteiger partial charge in [-0.05, 0) is 58.5 Å². The summed E-state index contributed by atoms with van der Waals surface area (Å²) in [4.78, 5) is 14.8. The molecule has 2 heterocycles. The van der Waals surface area contributed by atoms with Crippen LogP contribution in [-0.2, 0) is 0 Å². The van der Waals surface area contributed by atoms with Crippen LogP contribution < -0.4 is 4.74 Å². The average molecular weight is 560 g/mol. The van der Waals surface area contributed by atoms with Crippen LogP contribution in [0, 0.1) is 0 Å². The Balaban J connectivity index is 1.27. The molecule has 0 radical (unpaired) electrons. The van der Waals surface area contributed by atoms with Gasteiger partial charge in [-0.2, -0.15) is 0 Å². The van der Waals surface area contributed by atoms with E-state index >= 15 is 0 Å². The number of benzene rings is 6. The lowest BCUT2D eigenvalue weighted by atomic mass is 9.94. The highest BCUT2D eigenvalue weighted by molar-refractivity contribution is 6.30. The Morgan fingerprint density at radius 1 is 0.429 bits per heavy atom. The van der Waals surface area contributed by atoms with Gasteiger partial charge in [-0.15, -0.1) is 0 Å². The van der Waals surface area contributed by atoms with Crippen LogP contribution in [0.25, 0.3) is 67.2 Å². The summed E-state index contributed by atoms with van der Waals surface area (Å²) in [6.07, 6.45) is 0. The van der Waals surface area contributed by atoms with Crippen molar-refractivity contribution in [2.45, 2.75) is 0 Å². The third kappa shape index (κ3) is 4.30. The number of hydrogen-bond donors (Lipinski definition) is 0. The van der Waals surface area contributed by atoms with Crippen LogP contribution in [0.3, 0.4) is 0 Å². The molecule has 1 aromatic heterocycles. The fraction of sp³-hybridized carbons (Fsp3) is 0. The molecule has 0 saturated carbocycles. The van der Waals surface area contributed by atoms with E-state index in [1.165, 1.54) is 0 Å². The summed E-state index contributed by atoms with van der Waals surface area (Å²) in [5, 5.41) is 3.00. The number of fused-ring (bicyclic) bond motifs is 2. The Kier molecular flexibility index (Phi) is 5.80. The van der Waals surface area contributed by atoms with Crippen molar-refractivity contribution in [3.63, 3.8) is 0 Å². The first-order valence-electron chi connectivity index (χ1n) is 13.7. The zero-order valence-corrected chi connectivity index (χ0v) is 23.1. The van der Waals surface area contributed by atoms with Crippen LogP contribution in [0.1, 0.15) is 0 Å². The molecule has 5 heteroatoms. The molecule has 1 aliphatic heterocycles. The summed E-state index contributed by atoms with van der Waals surface area (Å²) in [5.41, 5.74) is 7.02. The standard InChI is InChI=1S/C37H22ClN3O/c38-29-18-15-23(16-19-29)26-11-4-12-27(21-26)36-39-35(25-7-2-1-3-8-25)40-37(41-36)28-17-20-30-31-13-5-9-24-10-6-14-32(34(24)31)42-33(30)22-28/h1-22H. The molecule has 0 amide bonds. The second-order valence-electron chi connectivity index (χ2n) is 10.2. The van der Waals surface area contributed by atoms with E-state index < -0.39 is 0 Å². The predicted molar refractivity (Wildman–Crippen MR) is 170 cm³/mol. The smallest absolute Gasteiger partial charge is 0.164 e. The zero-order chi connectivity index (χ0) is 28.0. The van der Waals surface area contributed by atoms with E-state index in [-0.39, 0.29) is 0 Å². The molecule has 0 saturated heterocycles. The van der Waals surface area contributed by atoms with Gasteiger partial charge in [0.25, 0.3) is 0 Å². The Labute approximate surface area is 247 Å². The molecular formula is C37H22ClN3O. The number of aromatic nitrogens is 3. The van der Waals surface area contributed by atoms with Gasteiger partial charge < -0.3 is 4.74 Å². The maximum absolute atomic E-state index is 6.43. The quantitative estimate of drug-likeness (QED) is 0.215. The van der Waals surface area contributed by atoms with Crippen molar-refractivity contribution in [3.8, 4) is 67.9 Å². The van der Waals surface area contributed by atoms with Gasteiger partial charge >= 0.3 is 0 Å². The monoisotopic (exact) mass is 559 g/mol. The number of ether oxygens (including phenoxy) is 1. The predicted octanol–water partition coefficient (Wildman–Crippen LogP) is 10.1. The highest BCUT2D eigenvalue weighted by Crippen LogP contribution is 2.47. The number of rotatable bonds is 4.